The van der Waals surface area contributed by atoms with Gasteiger partial charge in [0.1, 0.15) is 13.2 Å². The second-order valence-electron chi connectivity index (χ2n) is 22.0. The van der Waals surface area contributed by atoms with Crippen LogP contribution in [-0.4, -0.2) is 37.2 Å². The van der Waals surface area contributed by atoms with Gasteiger partial charge in [-0.05, 0) is 57.8 Å². The number of carbonyl (C=O) groups is 3. The van der Waals surface area contributed by atoms with Crippen molar-refractivity contribution < 1.29 is 28.6 Å². The molecule has 1 atom stereocenters. The lowest BCUT2D eigenvalue weighted by atomic mass is 10.0. The van der Waals surface area contributed by atoms with Crippen molar-refractivity contribution in [2.45, 2.75) is 354 Å². The van der Waals surface area contributed by atoms with E-state index in [1.54, 1.807) is 0 Å². The molecule has 1 unspecified atom stereocenters. The van der Waals surface area contributed by atoms with E-state index < -0.39 is 6.10 Å². The van der Waals surface area contributed by atoms with E-state index in [-0.39, 0.29) is 31.1 Å². The summed E-state index contributed by atoms with van der Waals surface area (Å²) in [6.07, 6.45) is 79.1. The Labute approximate surface area is 460 Å². The zero-order valence-electron chi connectivity index (χ0n) is 49.6. The Kier molecular flexibility index (Phi) is 60.7. The highest BCUT2D eigenvalue weighted by Gasteiger charge is 2.19. The van der Waals surface area contributed by atoms with Crippen LogP contribution in [0.15, 0.2) is 48.6 Å². The molecule has 0 saturated heterocycles. The first-order valence-corrected chi connectivity index (χ1v) is 32.6. The monoisotopic (exact) mass is 1040 g/mol. The first-order chi connectivity index (χ1) is 36.5. The minimum absolute atomic E-state index is 0.0663. The summed E-state index contributed by atoms with van der Waals surface area (Å²) in [5.41, 5.74) is 0. The second-order valence-corrected chi connectivity index (χ2v) is 22.0. The third-order valence-electron chi connectivity index (χ3n) is 14.6. The van der Waals surface area contributed by atoms with Crippen molar-refractivity contribution in [1.29, 1.82) is 0 Å². The van der Waals surface area contributed by atoms with Crippen molar-refractivity contribution in [3.05, 3.63) is 48.6 Å². The number of unbranched alkanes of at least 4 members (excludes halogenated alkanes) is 41. The molecule has 0 aliphatic heterocycles. The summed E-state index contributed by atoms with van der Waals surface area (Å²) in [6, 6.07) is 0. The van der Waals surface area contributed by atoms with Gasteiger partial charge >= 0.3 is 17.9 Å². The Morgan fingerprint density at radius 1 is 0.284 bits per heavy atom. The third kappa shape index (κ3) is 60.2. The Morgan fingerprint density at radius 3 is 0.824 bits per heavy atom. The van der Waals surface area contributed by atoms with Gasteiger partial charge in [0.2, 0.25) is 0 Å². The van der Waals surface area contributed by atoms with Gasteiger partial charge in [-0.3, -0.25) is 14.4 Å². The van der Waals surface area contributed by atoms with Gasteiger partial charge in [-0.2, -0.15) is 0 Å². The summed E-state index contributed by atoms with van der Waals surface area (Å²) in [4.78, 5) is 37.9. The van der Waals surface area contributed by atoms with Crippen LogP contribution in [0.5, 0.6) is 0 Å². The second kappa shape index (κ2) is 62.9. The lowest BCUT2D eigenvalue weighted by Crippen LogP contribution is -2.30. The smallest absolute Gasteiger partial charge is 0.306 e. The summed E-state index contributed by atoms with van der Waals surface area (Å²) in [6.45, 7) is 6.49. The Bertz CT molecular complexity index is 1280. The molecular formula is C68H124O6. The molecule has 0 fully saturated rings. The molecule has 0 spiro atoms. The zero-order chi connectivity index (χ0) is 53.6. The van der Waals surface area contributed by atoms with E-state index in [2.05, 4.69) is 69.4 Å². The van der Waals surface area contributed by atoms with E-state index in [4.69, 9.17) is 14.2 Å². The number of carbonyl (C=O) groups excluding carboxylic acids is 3. The normalized spacial score (nSPS) is 12.3. The molecule has 0 amide bonds. The maximum absolute atomic E-state index is 12.8. The standard InChI is InChI=1S/C68H124O6/c1-4-7-10-13-15-17-19-21-23-25-26-27-28-29-30-31-32-33-34-35-36-37-38-39-40-41-42-43-45-46-48-50-52-55-58-61-67(70)73-64-65(63-72-66(69)60-57-54-12-9-6-3)74-68(71)62-59-56-53-51-49-47-44-24-22-20-18-16-14-11-8-5-2/h7,10,15,17,21,23,26-27,65H,4-6,8-9,11-14,16,18-20,22,24-25,28-64H2,1-3H3/b10-7-,17-15-,23-21-,27-26-. The number of hydrogen-bond acceptors (Lipinski definition) is 6. The Morgan fingerprint density at radius 2 is 0.527 bits per heavy atom. The van der Waals surface area contributed by atoms with Crippen LogP contribution in [0.4, 0.5) is 0 Å². The van der Waals surface area contributed by atoms with Crippen molar-refractivity contribution >= 4 is 17.9 Å². The maximum Gasteiger partial charge on any atom is 0.306 e. The van der Waals surface area contributed by atoms with Crippen LogP contribution < -0.4 is 0 Å². The average molecular weight is 1040 g/mol. The van der Waals surface area contributed by atoms with Gasteiger partial charge in [-0.25, -0.2) is 0 Å². The molecule has 0 heterocycles. The van der Waals surface area contributed by atoms with Crippen molar-refractivity contribution in [2.24, 2.45) is 0 Å². The lowest BCUT2D eigenvalue weighted by Gasteiger charge is -2.18. The lowest BCUT2D eigenvalue weighted by molar-refractivity contribution is -0.167. The predicted molar refractivity (Wildman–Crippen MR) is 321 cm³/mol. The number of allylic oxidation sites excluding steroid dienone is 8. The van der Waals surface area contributed by atoms with Crippen LogP contribution in [0, 0.1) is 0 Å². The van der Waals surface area contributed by atoms with Crippen molar-refractivity contribution in [1.82, 2.24) is 0 Å². The first-order valence-electron chi connectivity index (χ1n) is 32.6. The van der Waals surface area contributed by atoms with E-state index in [0.29, 0.717) is 19.3 Å². The molecule has 0 bridgehead atoms. The van der Waals surface area contributed by atoms with Gasteiger partial charge in [0.15, 0.2) is 6.10 Å². The van der Waals surface area contributed by atoms with Crippen LogP contribution in [0.1, 0.15) is 348 Å². The summed E-state index contributed by atoms with van der Waals surface area (Å²) in [5.74, 6) is -0.858. The largest absolute Gasteiger partial charge is 0.462 e. The molecule has 432 valence electrons. The summed E-state index contributed by atoms with van der Waals surface area (Å²) >= 11 is 0. The van der Waals surface area contributed by atoms with Gasteiger partial charge in [0, 0.05) is 19.3 Å². The van der Waals surface area contributed by atoms with E-state index >= 15 is 0 Å². The minimum atomic E-state index is -0.763. The Hall–Kier alpha value is -2.63. The third-order valence-corrected chi connectivity index (χ3v) is 14.6. The maximum atomic E-state index is 12.8. The molecule has 0 aliphatic rings. The van der Waals surface area contributed by atoms with Gasteiger partial charge in [0.05, 0.1) is 0 Å². The number of hydrogen-bond donors (Lipinski definition) is 0. The minimum Gasteiger partial charge on any atom is -0.462 e. The highest BCUT2D eigenvalue weighted by Crippen LogP contribution is 2.18. The molecule has 0 aromatic carbocycles. The van der Waals surface area contributed by atoms with E-state index in [0.717, 1.165) is 89.9 Å². The molecule has 0 aromatic rings. The topological polar surface area (TPSA) is 78.9 Å². The first kappa shape index (κ1) is 71.4. The summed E-state index contributed by atoms with van der Waals surface area (Å²) in [5, 5.41) is 0. The van der Waals surface area contributed by atoms with Gasteiger partial charge in [-0.15, -0.1) is 0 Å². The molecule has 0 radical (unpaired) electrons. The van der Waals surface area contributed by atoms with Crippen molar-refractivity contribution in [3.8, 4) is 0 Å². The fraction of sp³-hybridized carbons (Fsp3) is 0.838. The molecule has 6 nitrogen and oxygen atoms in total. The Balaban J connectivity index is 3.86. The summed E-state index contributed by atoms with van der Waals surface area (Å²) in [7, 11) is 0. The molecule has 0 aromatic heterocycles. The SMILES string of the molecule is CC/C=C\C/C=C\C/C=C\C/C=C\CCCCCCCCCCCCCCCCCCCCCCCCC(=O)OCC(COC(=O)CCCCCCC)OC(=O)CCCCCCCCCCCCCCCCCC. The predicted octanol–water partition coefficient (Wildman–Crippen LogP) is 22.2. The van der Waals surface area contributed by atoms with E-state index in [9.17, 15) is 14.4 Å². The molecule has 6 heteroatoms. The quantitative estimate of drug-likeness (QED) is 0.0261. The molecule has 0 N–H and O–H groups in total. The van der Waals surface area contributed by atoms with Gasteiger partial charge < -0.3 is 14.2 Å². The van der Waals surface area contributed by atoms with Crippen molar-refractivity contribution in [2.75, 3.05) is 13.2 Å². The van der Waals surface area contributed by atoms with Crippen molar-refractivity contribution in [3.63, 3.8) is 0 Å². The highest BCUT2D eigenvalue weighted by molar-refractivity contribution is 5.71. The van der Waals surface area contributed by atoms with Gasteiger partial charge in [-0.1, -0.05) is 320 Å². The number of ether oxygens (including phenoxy) is 3. The molecule has 0 aliphatic carbocycles. The molecular weight excluding hydrogens is 913 g/mol. The van der Waals surface area contributed by atoms with Crippen LogP contribution in [0.3, 0.4) is 0 Å². The fourth-order valence-electron chi connectivity index (χ4n) is 9.73. The zero-order valence-corrected chi connectivity index (χ0v) is 49.6. The highest BCUT2D eigenvalue weighted by atomic mass is 16.6. The number of rotatable bonds is 60. The van der Waals surface area contributed by atoms with Crippen LogP contribution in [-0.2, 0) is 28.6 Å². The van der Waals surface area contributed by atoms with Crippen LogP contribution in [0.2, 0.25) is 0 Å². The van der Waals surface area contributed by atoms with E-state index in [1.165, 1.54) is 218 Å². The van der Waals surface area contributed by atoms with Gasteiger partial charge in [0.25, 0.3) is 0 Å². The fourth-order valence-corrected chi connectivity index (χ4v) is 9.73. The van der Waals surface area contributed by atoms with E-state index in [1.807, 2.05) is 0 Å². The van der Waals surface area contributed by atoms with Crippen LogP contribution in [0.25, 0.3) is 0 Å². The molecule has 0 rings (SSSR count). The average Bonchev–Trinajstić information content (AvgIpc) is 3.40. The summed E-state index contributed by atoms with van der Waals surface area (Å²) < 4.78 is 16.8. The number of esters is 3. The van der Waals surface area contributed by atoms with Crippen LogP contribution >= 0.6 is 0 Å². The molecule has 74 heavy (non-hydrogen) atoms. The molecule has 0 saturated carbocycles.